The van der Waals surface area contributed by atoms with E-state index in [0.29, 0.717) is 51.4 Å². The van der Waals surface area contributed by atoms with Gasteiger partial charge >= 0.3 is 5.97 Å². The van der Waals surface area contributed by atoms with Gasteiger partial charge in [0.05, 0.1) is 59.8 Å². The van der Waals surface area contributed by atoms with Crippen LogP contribution in [0.25, 0.3) is 0 Å². The molecule has 0 aliphatic carbocycles. The van der Waals surface area contributed by atoms with Gasteiger partial charge in [-0.15, -0.1) is 0 Å². The van der Waals surface area contributed by atoms with Crippen LogP contribution in [0.4, 0.5) is 0 Å². The lowest BCUT2D eigenvalue weighted by molar-refractivity contribution is -0.409. The fourth-order valence-corrected chi connectivity index (χ4v) is 10.6. The standard InChI is InChI=1S/C44H71NO10/c1-12-32(24-45)34-16-15-25(4)39(52-34)29(8)37(47)28(7)38(48)33(13-2)40-26(5)23-27(6)43(53-40)20-18-36(51-31(10)46)44(55-43)22-21-41(11,54-44)35-17-19-42(49,14-3)30(9)50-35/h18,20,25-30,32-37,39-40,47,49H,12-17,19,21-23H2,1-11H3. The highest BCUT2D eigenvalue weighted by Crippen LogP contribution is 2.54. The van der Waals surface area contributed by atoms with Gasteiger partial charge in [-0.05, 0) is 95.6 Å². The zero-order chi connectivity index (χ0) is 40.7. The van der Waals surface area contributed by atoms with Gasteiger partial charge in [-0.25, -0.2) is 0 Å². The molecule has 11 heteroatoms. The minimum absolute atomic E-state index is 0.0130. The first-order valence-electron chi connectivity index (χ1n) is 21.4. The van der Waals surface area contributed by atoms with E-state index in [2.05, 4.69) is 26.8 Å². The summed E-state index contributed by atoms with van der Waals surface area (Å²) >= 11 is 0. The number of esters is 1. The van der Waals surface area contributed by atoms with Gasteiger partial charge in [0, 0.05) is 37.0 Å². The third kappa shape index (κ3) is 8.49. The van der Waals surface area contributed by atoms with Crippen molar-refractivity contribution in [3.8, 4) is 6.07 Å². The predicted octanol–water partition coefficient (Wildman–Crippen LogP) is 7.20. The normalized spacial score (nSPS) is 44.7. The lowest BCUT2D eigenvalue weighted by Gasteiger charge is -2.54. The molecular formula is C44H71NO10. The molecule has 18 atom stereocenters. The van der Waals surface area contributed by atoms with Crippen molar-refractivity contribution < 1.29 is 48.2 Å². The summed E-state index contributed by atoms with van der Waals surface area (Å²) in [6, 6.07) is 2.39. The smallest absolute Gasteiger partial charge is 0.303 e. The Hall–Kier alpha value is -1.91. The van der Waals surface area contributed by atoms with Crippen molar-refractivity contribution in [1.82, 2.24) is 0 Å². The molecule has 5 aliphatic heterocycles. The van der Waals surface area contributed by atoms with E-state index in [1.165, 1.54) is 6.92 Å². The van der Waals surface area contributed by atoms with Crippen LogP contribution in [0.3, 0.4) is 0 Å². The maximum absolute atomic E-state index is 14.5. The predicted molar refractivity (Wildman–Crippen MR) is 206 cm³/mol. The minimum Gasteiger partial charge on any atom is -0.453 e. The Bertz CT molecular complexity index is 1430. The third-order valence-electron chi connectivity index (χ3n) is 14.6. The minimum atomic E-state index is -1.36. The quantitative estimate of drug-likeness (QED) is 0.153. The van der Waals surface area contributed by atoms with Gasteiger partial charge in [0.1, 0.15) is 5.78 Å². The molecule has 55 heavy (non-hydrogen) atoms. The number of Topliss-reactive ketones (excluding diaryl/α,β-unsaturated/α-hetero) is 1. The SMILES string of the molecule is CCC(C#N)C1CCC(C)C(C(C)C(O)C(C)C(=O)C(CC)C2OC3(C=CC(OC(C)=O)C4(CCC(C)(C5CCC(O)(CC)C(C)O5)O4)O3)C(C)CC2C)O1. The van der Waals surface area contributed by atoms with Gasteiger partial charge < -0.3 is 38.6 Å². The number of nitriles is 1. The summed E-state index contributed by atoms with van der Waals surface area (Å²) in [5, 5.41) is 32.6. The molecule has 0 aromatic rings. The van der Waals surface area contributed by atoms with E-state index < -0.39 is 58.9 Å². The summed E-state index contributed by atoms with van der Waals surface area (Å²) in [5.41, 5.74) is -1.68. The zero-order valence-corrected chi connectivity index (χ0v) is 35.4. The highest BCUT2D eigenvalue weighted by molar-refractivity contribution is 5.84. The largest absolute Gasteiger partial charge is 0.453 e. The fourth-order valence-electron chi connectivity index (χ4n) is 10.6. The maximum atomic E-state index is 14.5. The highest BCUT2D eigenvalue weighted by Gasteiger charge is 2.64. The molecule has 0 radical (unpaired) electrons. The second kappa shape index (κ2) is 17.1. The Kier molecular flexibility index (Phi) is 13.8. The van der Waals surface area contributed by atoms with Gasteiger partial charge in [-0.2, -0.15) is 5.26 Å². The summed E-state index contributed by atoms with van der Waals surface area (Å²) in [4.78, 5) is 27.0. The van der Waals surface area contributed by atoms with Crippen LogP contribution in [0, 0.1) is 52.8 Å². The van der Waals surface area contributed by atoms with E-state index >= 15 is 0 Å². The third-order valence-corrected chi connectivity index (χ3v) is 14.6. The van der Waals surface area contributed by atoms with Crippen molar-refractivity contribution in [2.75, 3.05) is 0 Å². The number of aliphatic hydroxyl groups is 2. The second-order valence-corrected chi connectivity index (χ2v) is 18.3. The molecule has 312 valence electrons. The summed E-state index contributed by atoms with van der Waals surface area (Å²) in [7, 11) is 0. The Balaban J connectivity index is 1.36. The van der Waals surface area contributed by atoms with Gasteiger partial charge in [0.25, 0.3) is 0 Å². The van der Waals surface area contributed by atoms with E-state index in [-0.39, 0.29) is 59.8 Å². The van der Waals surface area contributed by atoms with Crippen molar-refractivity contribution in [2.45, 2.75) is 206 Å². The molecule has 0 aromatic carbocycles. The second-order valence-electron chi connectivity index (χ2n) is 18.3. The molecular weight excluding hydrogens is 702 g/mol. The lowest BCUT2D eigenvalue weighted by atomic mass is 9.72. The molecule has 4 saturated heterocycles. The molecule has 5 aliphatic rings. The van der Waals surface area contributed by atoms with Crippen LogP contribution in [0.5, 0.6) is 0 Å². The molecule has 2 N–H and O–H groups in total. The monoisotopic (exact) mass is 774 g/mol. The Morgan fingerprint density at radius 1 is 0.964 bits per heavy atom. The van der Waals surface area contributed by atoms with Crippen LogP contribution in [-0.2, 0) is 38.0 Å². The summed E-state index contributed by atoms with van der Waals surface area (Å²) in [5.74, 6) is -4.76. The molecule has 11 nitrogen and oxygen atoms in total. The summed E-state index contributed by atoms with van der Waals surface area (Å²) in [6.45, 7) is 21.3. The number of hydrogen-bond acceptors (Lipinski definition) is 11. The highest BCUT2D eigenvalue weighted by atomic mass is 16.8. The van der Waals surface area contributed by atoms with Crippen molar-refractivity contribution in [2.24, 2.45) is 41.4 Å². The number of carbonyl (C=O) groups is 2. The summed E-state index contributed by atoms with van der Waals surface area (Å²) < 4.78 is 40.0. The Morgan fingerprint density at radius 2 is 1.67 bits per heavy atom. The number of carbonyl (C=O) groups excluding carboxylic acids is 2. The molecule has 0 saturated carbocycles. The van der Waals surface area contributed by atoms with Crippen molar-refractivity contribution in [1.29, 1.82) is 5.26 Å². The topological polar surface area (TPSA) is 154 Å². The number of ether oxygens (including phenoxy) is 6. The molecule has 5 rings (SSSR count). The number of rotatable bonds is 12. The van der Waals surface area contributed by atoms with Crippen molar-refractivity contribution >= 4 is 11.8 Å². The van der Waals surface area contributed by atoms with Crippen LogP contribution in [0.2, 0.25) is 0 Å². The Labute approximate surface area is 330 Å². The average molecular weight is 774 g/mol. The lowest BCUT2D eigenvalue weighted by Crippen LogP contribution is -2.63. The van der Waals surface area contributed by atoms with Crippen LogP contribution < -0.4 is 0 Å². The van der Waals surface area contributed by atoms with Crippen LogP contribution in [0.15, 0.2) is 12.2 Å². The molecule has 18 unspecified atom stereocenters. The Morgan fingerprint density at radius 3 is 2.27 bits per heavy atom. The van der Waals surface area contributed by atoms with Crippen molar-refractivity contribution in [3.05, 3.63) is 12.2 Å². The van der Waals surface area contributed by atoms with E-state index in [4.69, 9.17) is 28.4 Å². The zero-order valence-electron chi connectivity index (χ0n) is 35.4. The molecule has 0 bridgehead atoms. The molecule has 0 aromatic heterocycles. The number of hydrogen-bond donors (Lipinski definition) is 2. The van der Waals surface area contributed by atoms with Gasteiger partial charge in [-0.3, -0.25) is 9.59 Å². The van der Waals surface area contributed by atoms with E-state index in [9.17, 15) is 25.1 Å². The maximum Gasteiger partial charge on any atom is 0.303 e. The molecule has 0 amide bonds. The first kappa shape index (κ1) is 44.2. The molecule has 4 fully saturated rings. The van der Waals surface area contributed by atoms with E-state index in [0.717, 1.165) is 12.8 Å². The number of nitrogens with zero attached hydrogens (tertiary/aromatic N) is 1. The van der Waals surface area contributed by atoms with Gasteiger partial charge in [-0.1, -0.05) is 55.4 Å². The summed E-state index contributed by atoms with van der Waals surface area (Å²) in [6.07, 6.45) is 6.72. The van der Waals surface area contributed by atoms with Gasteiger partial charge in [0.15, 0.2) is 11.9 Å². The van der Waals surface area contributed by atoms with Crippen LogP contribution >= 0.6 is 0 Å². The van der Waals surface area contributed by atoms with Crippen LogP contribution in [-0.4, -0.2) is 87.5 Å². The average Bonchev–Trinajstić information content (AvgIpc) is 3.49. The first-order valence-corrected chi connectivity index (χ1v) is 21.4. The van der Waals surface area contributed by atoms with E-state index in [1.807, 2.05) is 60.6 Å². The molecule has 5 heterocycles. The number of ketones is 1. The van der Waals surface area contributed by atoms with E-state index in [1.54, 1.807) is 0 Å². The first-order chi connectivity index (χ1) is 25.8. The number of aliphatic hydroxyl groups excluding tert-OH is 1. The fraction of sp³-hybridized carbons (Fsp3) is 0.886. The molecule has 2 spiro atoms. The van der Waals surface area contributed by atoms with Gasteiger partial charge in [0.2, 0.25) is 5.79 Å². The van der Waals surface area contributed by atoms with Crippen LogP contribution in [0.1, 0.15) is 140 Å². The van der Waals surface area contributed by atoms with Crippen molar-refractivity contribution in [3.63, 3.8) is 0 Å².